The third kappa shape index (κ3) is 7.41. The lowest BCUT2D eigenvalue weighted by atomic mass is 10.1. The minimum absolute atomic E-state index is 0.199. The van der Waals surface area contributed by atoms with E-state index in [0.717, 1.165) is 17.7 Å². The van der Waals surface area contributed by atoms with Crippen LogP contribution in [0.5, 0.6) is 11.5 Å². The number of hydrogen-bond acceptors (Lipinski definition) is 2. The minimum Gasteiger partial charge on any atom is -0.404 e. The number of benzene rings is 3. The molecule has 186 valence electrons. The van der Waals surface area contributed by atoms with Crippen LogP contribution in [-0.2, 0) is 0 Å². The van der Waals surface area contributed by atoms with Crippen molar-refractivity contribution in [3.8, 4) is 35.2 Å². The molecule has 0 unspecified atom stereocenters. The van der Waals surface area contributed by atoms with E-state index >= 15 is 0 Å². The van der Waals surface area contributed by atoms with Gasteiger partial charge in [0, 0.05) is 22.3 Å². The van der Waals surface area contributed by atoms with Crippen molar-refractivity contribution in [2.24, 2.45) is 0 Å². The average molecular weight is 510 g/mol. The van der Waals surface area contributed by atoms with Crippen LogP contribution in [0.15, 0.2) is 48.5 Å². The number of ether oxygens (including phenoxy) is 2. The standard InChI is InChI=1S/C26H14F8O2/c1-15-3-5-17(6-4-15)9-10-20-23(35-25(29,30)31)13-19(14-24(20)36-26(32,33)34)8-7-18-11-21(27)16(2)22(28)12-18/h3-6,11-14H,1-2H3. The van der Waals surface area contributed by atoms with Crippen LogP contribution in [0.25, 0.3) is 0 Å². The van der Waals surface area contributed by atoms with Crippen molar-refractivity contribution in [3.05, 3.63) is 93.5 Å². The van der Waals surface area contributed by atoms with Gasteiger partial charge in [-0.15, -0.1) is 26.3 Å². The van der Waals surface area contributed by atoms with E-state index in [4.69, 9.17) is 0 Å². The summed E-state index contributed by atoms with van der Waals surface area (Å²) in [4.78, 5) is 0. The predicted octanol–water partition coefficient (Wildman–Crippen LogP) is 7.18. The number of aryl methyl sites for hydroxylation is 1. The Morgan fingerprint density at radius 2 is 1.00 bits per heavy atom. The molecular formula is C26H14F8O2. The molecule has 0 aliphatic carbocycles. The van der Waals surface area contributed by atoms with Gasteiger partial charge in [0.2, 0.25) is 0 Å². The zero-order valence-corrected chi connectivity index (χ0v) is 18.5. The molecule has 0 heterocycles. The molecule has 36 heavy (non-hydrogen) atoms. The van der Waals surface area contributed by atoms with Crippen LogP contribution in [0.1, 0.15) is 33.4 Å². The van der Waals surface area contributed by atoms with Crippen LogP contribution in [0.3, 0.4) is 0 Å². The van der Waals surface area contributed by atoms with Crippen molar-refractivity contribution in [3.63, 3.8) is 0 Å². The summed E-state index contributed by atoms with van der Waals surface area (Å²) >= 11 is 0. The minimum atomic E-state index is -5.29. The molecule has 0 bridgehead atoms. The highest BCUT2D eigenvalue weighted by molar-refractivity contribution is 5.62. The molecule has 0 amide bonds. The maximum Gasteiger partial charge on any atom is 0.573 e. The van der Waals surface area contributed by atoms with Gasteiger partial charge in [-0.2, -0.15) is 0 Å². The topological polar surface area (TPSA) is 18.5 Å². The molecule has 0 atom stereocenters. The van der Waals surface area contributed by atoms with E-state index < -0.39 is 47.0 Å². The SMILES string of the molecule is Cc1ccc(C#Cc2c(OC(F)(F)F)cc(C#Cc3cc(F)c(C)c(F)c3)cc2OC(F)(F)F)cc1. The van der Waals surface area contributed by atoms with E-state index in [1.165, 1.54) is 19.1 Å². The molecule has 0 aliphatic rings. The highest BCUT2D eigenvalue weighted by Crippen LogP contribution is 2.36. The van der Waals surface area contributed by atoms with Gasteiger partial charge < -0.3 is 9.47 Å². The van der Waals surface area contributed by atoms with Gasteiger partial charge in [-0.1, -0.05) is 41.4 Å². The summed E-state index contributed by atoms with van der Waals surface area (Å²) in [6.07, 6.45) is -10.6. The Balaban J connectivity index is 2.17. The second-order valence-corrected chi connectivity index (χ2v) is 7.37. The van der Waals surface area contributed by atoms with Gasteiger partial charge in [-0.05, 0) is 50.2 Å². The molecule has 0 N–H and O–H groups in total. The van der Waals surface area contributed by atoms with Gasteiger partial charge in [-0.3, -0.25) is 0 Å². The number of hydrogen-bond donors (Lipinski definition) is 0. The maximum atomic E-state index is 13.8. The van der Waals surface area contributed by atoms with Gasteiger partial charge >= 0.3 is 12.7 Å². The fraction of sp³-hybridized carbons (Fsp3) is 0.154. The molecular weight excluding hydrogens is 496 g/mol. The van der Waals surface area contributed by atoms with E-state index in [1.54, 1.807) is 19.1 Å². The van der Waals surface area contributed by atoms with E-state index in [1.807, 2.05) is 0 Å². The summed E-state index contributed by atoms with van der Waals surface area (Å²) in [5.74, 6) is 5.21. The van der Waals surface area contributed by atoms with Crippen molar-refractivity contribution in [2.75, 3.05) is 0 Å². The fourth-order valence-electron chi connectivity index (χ4n) is 2.83. The average Bonchev–Trinajstić information content (AvgIpc) is 2.74. The van der Waals surface area contributed by atoms with Gasteiger partial charge in [0.05, 0.1) is 0 Å². The largest absolute Gasteiger partial charge is 0.573 e. The highest BCUT2D eigenvalue weighted by atomic mass is 19.4. The van der Waals surface area contributed by atoms with Crippen molar-refractivity contribution in [1.29, 1.82) is 0 Å². The van der Waals surface area contributed by atoms with Gasteiger partial charge in [-0.25, -0.2) is 8.78 Å². The number of alkyl halides is 6. The summed E-state index contributed by atoms with van der Waals surface area (Å²) in [6, 6.07) is 9.49. The monoisotopic (exact) mass is 510 g/mol. The zero-order chi connectivity index (χ0) is 26.7. The highest BCUT2D eigenvalue weighted by Gasteiger charge is 2.36. The maximum absolute atomic E-state index is 13.8. The molecule has 2 nitrogen and oxygen atoms in total. The smallest absolute Gasteiger partial charge is 0.404 e. The van der Waals surface area contributed by atoms with Crippen LogP contribution >= 0.6 is 0 Å². The van der Waals surface area contributed by atoms with Gasteiger partial charge in [0.25, 0.3) is 0 Å². The van der Waals surface area contributed by atoms with Gasteiger partial charge in [0.1, 0.15) is 28.7 Å². The second-order valence-electron chi connectivity index (χ2n) is 7.37. The summed E-state index contributed by atoms with van der Waals surface area (Å²) in [7, 11) is 0. The summed E-state index contributed by atoms with van der Waals surface area (Å²) in [5, 5.41) is 0. The van der Waals surface area contributed by atoms with E-state index in [9.17, 15) is 35.1 Å². The Hall–Kier alpha value is -4.18. The third-order valence-corrected chi connectivity index (χ3v) is 4.53. The van der Waals surface area contributed by atoms with Crippen molar-refractivity contribution < 1.29 is 44.6 Å². The van der Waals surface area contributed by atoms with Crippen molar-refractivity contribution in [1.82, 2.24) is 0 Å². The number of halogens is 8. The Labute approximate surface area is 200 Å². The zero-order valence-electron chi connectivity index (χ0n) is 18.5. The van der Waals surface area contributed by atoms with Crippen LogP contribution in [-0.4, -0.2) is 12.7 Å². The lowest BCUT2D eigenvalue weighted by Gasteiger charge is -2.16. The molecule has 0 aromatic heterocycles. The van der Waals surface area contributed by atoms with E-state index in [0.29, 0.717) is 17.7 Å². The van der Waals surface area contributed by atoms with Crippen molar-refractivity contribution in [2.45, 2.75) is 26.6 Å². The summed E-state index contributed by atoms with van der Waals surface area (Å²) in [6.45, 7) is 2.96. The number of rotatable bonds is 2. The van der Waals surface area contributed by atoms with Crippen LogP contribution < -0.4 is 9.47 Å². The first-order valence-corrected chi connectivity index (χ1v) is 9.96. The quantitative estimate of drug-likeness (QED) is 0.269. The summed E-state index contributed by atoms with van der Waals surface area (Å²) in [5.41, 5.74) is -0.559. The molecule has 0 spiro atoms. The molecule has 3 rings (SSSR count). The molecule has 0 aliphatic heterocycles. The van der Waals surface area contributed by atoms with Crippen LogP contribution in [0.4, 0.5) is 35.1 Å². The molecule has 3 aromatic rings. The molecule has 0 radical (unpaired) electrons. The molecule has 10 heteroatoms. The lowest BCUT2D eigenvalue weighted by Crippen LogP contribution is -2.20. The molecule has 0 fully saturated rings. The van der Waals surface area contributed by atoms with E-state index in [2.05, 4.69) is 33.2 Å². The van der Waals surface area contributed by atoms with E-state index in [-0.39, 0.29) is 11.1 Å². The lowest BCUT2D eigenvalue weighted by molar-refractivity contribution is -0.276. The summed E-state index contributed by atoms with van der Waals surface area (Å²) < 4.78 is 114. The molecule has 3 aromatic carbocycles. The Kier molecular flexibility index (Phi) is 7.49. The first-order valence-electron chi connectivity index (χ1n) is 9.96. The normalized spacial score (nSPS) is 11.2. The second kappa shape index (κ2) is 10.2. The fourth-order valence-corrected chi connectivity index (χ4v) is 2.83. The third-order valence-electron chi connectivity index (χ3n) is 4.53. The van der Waals surface area contributed by atoms with Crippen LogP contribution in [0, 0.1) is 49.2 Å². The molecule has 0 saturated carbocycles. The van der Waals surface area contributed by atoms with Gasteiger partial charge in [0.15, 0.2) is 0 Å². The predicted molar refractivity (Wildman–Crippen MR) is 114 cm³/mol. The van der Waals surface area contributed by atoms with Crippen LogP contribution in [0.2, 0.25) is 0 Å². The first-order chi connectivity index (χ1) is 16.7. The van der Waals surface area contributed by atoms with Crippen molar-refractivity contribution >= 4 is 0 Å². The Bertz CT molecular complexity index is 1340. The molecule has 0 saturated heterocycles. The Morgan fingerprint density at radius 1 is 0.583 bits per heavy atom. The first kappa shape index (κ1) is 26.4. The Morgan fingerprint density at radius 3 is 1.44 bits per heavy atom.